The number of fused-ring (bicyclic) bond motifs is 2. The van der Waals surface area contributed by atoms with Crippen molar-refractivity contribution in [3.8, 4) is 5.75 Å². The molecule has 2 heterocycles. The number of hydrogen-bond donors (Lipinski definition) is 1. The van der Waals surface area contributed by atoms with Crippen molar-refractivity contribution < 1.29 is 27.8 Å². The highest BCUT2D eigenvalue weighted by Gasteiger charge is 2.51. The van der Waals surface area contributed by atoms with E-state index in [2.05, 4.69) is 4.90 Å². The summed E-state index contributed by atoms with van der Waals surface area (Å²) in [5.74, 6) is -0.143. The van der Waals surface area contributed by atoms with Gasteiger partial charge in [-0.2, -0.15) is 13.2 Å². The predicted octanol–water partition coefficient (Wildman–Crippen LogP) is 6.16. The number of hydrogen-bond acceptors (Lipinski definition) is 3. The largest absolute Gasteiger partial charge is 0.497 e. The molecule has 176 valence electrons. The average Bonchev–Trinajstić information content (AvgIpc) is 2.99. The van der Waals surface area contributed by atoms with E-state index < -0.39 is 23.2 Å². The van der Waals surface area contributed by atoms with Crippen LogP contribution in [0.3, 0.4) is 0 Å². The molecular formula is C26H28F3NO3. The van der Waals surface area contributed by atoms with Crippen LogP contribution in [-0.4, -0.2) is 29.1 Å². The molecule has 4 nitrogen and oxygen atoms in total. The van der Waals surface area contributed by atoms with E-state index in [1.165, 1.54) is 0 Å². The first-order valence-electron chi connectivity index (χ1n) is 11.2. The monoisotopic (exact) mass is 459 g/mol. The van der Waals surface area contributed by atoms with Crippen LogP contribution in [0.5, 0.6) is 5.75 Å². The second-order valence-corrected chi connectivity index (χ2v) is 8.90. The molecule has 2 saturated heterocycles. The highest BCUT2D eigenvalue weighted by atomic mass is 19.4. The number of carboxylic acids is 1. The number of rotatable bonds is 6. The van der Waals surface area contributed by atoms with Gasteiger partial charge in [-0.25, -0.2) is 4.79 Å². The van der Waals surface area contributed by atoms with Gasteiger partial charge in [0.1, 0.15) is 5.75 Å². The fraction of sp³-hybridized carbons (Fsp3) is 0.423. The van der Waals surface area contributed by atoms with Gasteiger partial charge in [0.05, 0.1) is 18.2 Å². The maximum Gasteiger partial charge on any atom is 0.416 e. The zero-order chi connectivity index (χ0) is 23.8. The molecule has 0 radical (unpaired) electrons. The van der Waals surface area contributed by atoms with Crippen molar-refractivity contribution >= 4 is 5.97 Å². The topological polar surface area (TPSA) is 49.8 Å². The van der Waals surface area contributed by atoms with Crippen LogP contribution >= 0.6 is 0 Å². The molecule has 2 fully saturated rings. The summed E-state index contributed by atoms with van der Waals surface area (Å²) in [5, 5.41) is 9.74. The number of carboxylic acid groups (broad SMARTS) is 1. The van der Waals surface area contributed by atoms with Gasteiger partial charge in [-0.15, -0.1) is 0 Å². The minimum Gasteiger partial charge on any atom is -0.497 e. The van der Waals surface area contributed by atoms with Crippen molar-refractivity contribution in [1.29, 1.82) is 0 Å². The van der Waals surface area contributed by atoms with Gasteiger partial charge >= 0.3 is 12.1 Å². The Hall–Kier alpha value is -2.80. The number of benzene rings is 2. The lowest BCUT2D eigenvalue weighted by Crippen LogP contribution is -2.48. The smallest absolute Gasteiger partial charge is 0.416 e. The first-order valence-corrected chi connectivity index (χ1v) is 11.2. The number of carbonyl (C=O) groups is 1. The molecule has 0 spiro atoms. The Morgan fingerprint density at radius 3 is 2.36 bits per heavy atom. The Labute approximate surface area is 191 Å². The first kappa shape index (κ1) is 23.4. The summed E-state index contributed by atoms with van der Waals surface area (Å²) in [6.07, 6.45) is -1.13. The molecule has 2 bridgehead atoms. The SMILES string of the molecule is CCC(C(=O)O)=C1C[C@H]2CC[C@@](c3ccc(C(F)(F)F)cc3)(C1)N2Cc1ccc(OC)cc1. The van der Waals surface area contributed by atoms with E-state index in [4.69, 9.17) is 4.74 Å². The third kappa shape index (κ3) is 4.38. The average molecular weight is 460 g/mol. The molecule has 0 unspecified atom stereocenters. The van der Waals surface area contributed by atoms with Gasteiger partial charge in [0.2, 0.25) is 0 Å². The maximum atomic E-state index is 13.2. The van der Waals surface area contributed by atoms with Crippen molar-refractivity contribution in [1.82, 2.24) is 4.90 Å². The number of ether oxygens (including phenoxy) is 1. The van der Waals surface area contributed by atoms with Crippen LogP contribution in [0.15, 0.2) is 59.7 Å². The number of piperidine rings is 1. The zero-order valence-electron chi connectivity index (χ0n) is 18.8. The molecule has 2 aromatic carbocycles. The van der Waals surface area contributed by atoms with Crippen molar-refractivity contribution in [3.63, 3.8) is 0 Å². The summed E-state index contributed by atoms with van der Waals surface area (Å²) in [6.45, 7) is 2.48. The lowest BCUT2D eigenvalue weighted by atomic mass is 9.77. The predicted molar refractivity (Wildman–Crippen MR) is 119 cm³/mol. The van der Waals surface area contributed by atoms with Gasteiger partial charge in [-0.05, 0) is 67.5 Å². The molecule has 33 heavy (non-hydrogen) atoms. The third-order valence-electron chi connectivity index (χ3n) is 7.17. The molecule has 2 atom stereocenters. The molecule has 2 aromatic rings. The minimum absolute atomic E-state index is 0.138. The number of alkyl halides is 3. The summed E-state index contributed by atoms with van der Waals surface area (Å²) in [7, 11) is 1.61. The minimum atomic E-state index is -4.40. The number of nitrogens with zero attached hydrogens (tertiary/aromatic N) is 1. The van der Waals surface area contributed by atoms with Crippen molar-refractivity contribution in [3.05, 3.63) is 76.4 Å². The zero-order valence-corrected chi connectivity index (χ0v) is 18.8. The van der Waals surface area contributed by atoms with Gasteiger partial charge in [-0.1, -0.05) is 36.8 Å². The van der Waals surface area contributed by atoms with Crippen molar-refractivity contribution in [2.24, 2.45) is 0 Å². The van der Waals surface area contributed by atoms with Crippen LogP contribution in [0, 0.1) is 0 Å². The summed E-state index contributed by atoms with van der Waals surface area (Å²) in [6, 6.07) is 13.4. The molecule has 0 aromatic heterocycles. The van der Waals surface area contributed by atoms with E-state index in [0.29, 0.717) is 31.4 Å². The summed E-state index contributed by atoms with van der Waals surface area (Å²) >= 11 is 0. The van der Waals surface area contributed by atoms with Crippen LogP contribution in [0.25, 0.3) is 0 Å². The molecule has 0 aliphatic carbocycles. The molecule has 2 aliphatic rings. The number of aliphatic carboxylic acids is 1. The first-order chi connectivity index (χ1) is 15.7. The molecular weight excluding hydrogens is 431 g/mol. The molecule has 1 N–H and O–H groups in total. The van der Waals surface area contributed by atoms with E-state index in [1.807, 2.05) is 31.2 Å². The van der Waals surface area contributed by atoms with E-state index in [0.717, 1.165) is 47.4 Å². The molecule has 0 saturated carbocycles. The quantitative estimate of drug-likeness (QED) is 0.526. The van der Waals surface area contributed by atoms with Crippen LogP contribution in [0.1, 0.15) is 55.7 Å². The molecule has 7 heteroatoms. The van der Waals surface area contributed by atoms with Gasteiger partial charge in [0.15, 0.2) is 0 Å². The Morgan fingerprint density at radius 2 is 1.82 bits per heavy atom. The lowest BCUT2D eigenvalue weighted by Gasteiger charge is -2.47. The summed E-state index contributed by atoms with van der Waals surface area (Å²) in [4.78, 5) is 14.3. The molecule has 2 aliphatic heterocycles. The van der Waals surface area contributed by atoms with Crippen LogP contribution in [0.4, 0.5) is 13.2 Å². The molecule has 4 rings (SSSR count). The normalized spacial score (nSPS) is 24.6. The Kier molecular flexibility index (Phi) is 6.27. The van der Waals surface area contributed by atoms with E-state index in [1.54, 1.807) is 19.2 Å². The van der Waals surface area contributed by atoms with Gasteiger partial charge in [0, 0.05) is 18.2 Å². The number of methoxy groups -OCH3 is 1. The molecule has 0 amide bonds. The second-order valence-electron chi connectivity index (χ2n) is 8.90. The van der Waals surface area contributed by atoms with Crippen LogP contribution in [0.2, 0.25) is 0 Å². The number of halogens is 3. The summed E-state index contributed by atoms with van der Waals surface area (Å²) < 4.78 is 44.8. The van der Waals surface area contributed by atoms with Crippen LogP contribution in [-0.2, 0) is 23.1 Å². The fourth-order valence-electron chi connectivity index (χ4n) is 5.54. The summed E-state index contributed by atoms with van der Waals surface area (Å²) in [5.41, 5.74) is 2.04. The van der Waals surface area contributed by atoms with Gasteiger partial charge < -0.3 is 9.84 Å². The van der Waals surface area contributed by atoms with E-state index in [9.17, 15) is 23.1 Å². The Balaban J connectivity index is 1.76. The second kappa shape index (κ2) is 8.86. The van der Waals surface area contributed by atoms with Crippen LogP contribution < -0.4 is 4.74 Å². The maximum absolute atomic E-state index is 13.2. The third-order valence-corrected chi connectivity index (χ3v) is 7.17. The van der Waals surface area contributed by atoms with E-state index >= 15 is 0 Å². The van der Waals surface area contributed by atoms with E-state index in [-0.39, 0.29) is 6.04 Å². The highest BCUT2D eigenvalue weighted by molar-refractivity contribution is 5.87. The van der Waals surface area contributed by atoms with Gasteiger partial charge in [-0.3, -0.25) is 4.90 Å². The van der Waals surface area contributed by atoms with Crippen molar-refractivity contribution in [2.45, 2.75) is 63.3 Å². The lowest BCUT2D eigenvalue weighted by molar-refractivity contribution is -0.137. The Morgan fingerprint density at radius 1 is 1.15 bits per heavy atom. The van der Waals surface area contributed by atoms with Gasteiger partial charge in [0.25, 0.3) is 0 Å². The fourth-order valence-corrected chi connectivity index (χ4v) is 5.54. The highest BCUT2D eigenvalue weighted by Crippen LogP contribution is 2.54. The Bertz CT molecular complexity index is 1040. The van der Waals surface area contributed by atoms with Crippen molar-refractivity contribution in [2.75, 3.05) is 7.11 Å². The standard InChI is InChI=1S/C26H28F3NO3/c1-3-23(24(31)32)18-14-21-12-13-25(15-18,19-6-8-20(9-7-19)26(27,28)29)30(21)16-17-4-10-22(33-2)11-5-17/h4-11,21H,3,12-16H2,1-2H3,(H,31,32)/t21-,25+/m1/s1.